The summed E-state index contributed by atoms with van der Waals surface area (Å²) in [5.74, 6) is 0. The summed E-state index contributed by atoms with van der Waals surface area (Å²) in [6.45, 7) is 1.69. The van der Waals surface area contributed by atoms with E-state index in [1.165, 1.54) is 0 Å². The van der Waals surface area contributed by atoms with Crippen molar-refractivity contribution < 1.29 is 9.50 Å². The number of rotatable bonds is 4. The SMILES string of the molecule is CSc1ccc(N2CC[C@@H](F)[C@H](O)C2)c(CN(C)C)n1. The van der Waals surface area contributed by atoms with E-state index < -0.39 is 12.3 Å². The minimum Gasteiger partial charge on any atom is -0.388 e. The number of halogens is 1. The predicted molar refractivity (Wildman–Crippen MR) is 81.1 cm³/mol. The van der Waals surface area contributed by atoms with Crippen LogP contribution in [0.2, 0.25) is 0 Å². The number of anilines is 1. The van der Waals surface area contributed by atoms with Crippen LogP contribution in [0.1, 0.15) is 12.1 Å². The first-order valence-corrected chi connectivity index (χ1v) is 7.99. The summed E-state index contributed by atoms with van der Waals surface area (Å²) in [5, 5.41) is 10.7. The molecular weight excluding hydrogens is 277 g/mol. The Labute approximate surface area is 124 Å². The average molecular weight is 299 g/mol. The van der Waals surface area contributed by atoms with Crippen molar-refractivity contribution >= 4 is 17.4 Å². The molecule has 1 N–H and O–H groups in total. The highest BCUT2D eigenvalue weighted by Gasteiger charge is 2.28. The molecule has 0 spiro atoms. The van der Waals surface area contributed by atoms with Gasteiger partial charge in [0.1, 0.15) is 12.3 Å². The zero-order valence-corrected chi connectivity index (χ0v) is 13.0. The molecule has 2 rings (SSSR count). The van der Waals surface area contributed by atoms with Crippen LogP contribution in [0.15, 0.2) is 17.2 Å². The van der Waals surface area contributed by atoms with Gasteiger partial charge in [-0.2, -0.15) is 0 Å². The molecule has 1 aliphatic rings. The second-order valence-electron chi connectivity index (χ2n) is 5.38. The lowest BCUT2D eigenvalue weighted by atomic mass is 10.1. The normalized spacial score (nSPS) is 23.4. The van der Waals surface area contributed by atoms with Gasteiger partial charge in [0.25, 0.3) is 0 Å². The predicted octanol–water partition coefficient (Wildman–Crippen LogP) is 1.77. The number of piperidine rings is 1. The molecule has 0 aromatic carbocycles. The van der Waals surface area contributed by atoms with Gasteiger partial charge < -0.3 is 14.9 Å². The molecule has 1 aromatic rings. The fourth-order valence-corrected chi connectivity index (χ4v) is 2.82. The summed E-state index contributed by atoms with van der Waals surface area (Å²) >= 11 is 1.61. The van der Waals surface area contributed by atoms with E-state index in [1.807, 2.05) is 37.4 Å². The van der Waals surface area contributed by atoms with Crippen molar-refractivity contribution in [2.24, 2.45) is 0 Å². The summed E-state index contributed by atoms with van der Waals surface area (Å²) in [6.07, 6.45) is 0.352. The molecule has 0 bridgehead atoms. The molecule has 1 aliphatic heterocycles. The van der Waals surface area contributed by atoms with Crippen LogP contribution in [-0.4, -0.2) is 60.7 Å². The number of nitrogens with zero attached hydrogens (tertiary/aromatic N) is 3. The van der Waals surface area contributed by atoms with Gasteiger partial charge in [0, 0.05) is 19.6 Å². The molecule has 112 valence electrons. The third kappa shape index (κ3) is 3.62. The van der Waals surface area contributed by atoms with Gasteiger partial charge in [-0.05, 0) is 38.9 Å². The fourth-order valence-electron chi connectivity index (χ4n) is 2.41. The molecular formula is C14H22FN3OS. The summed E-state index contributed by atoms with van der Waals surface area (Å²) in [4.78, 5) is 8.76. The maximum atomic E-state index is 13.4. The number of aliphatic hydroxyl groups is 1. The molecule has 0 saturated carbocycles. The Balaban J connectivity index is 2.25. The van der Waals surface area contributed by atoms with Crippen LogP contribution < -0.4 is 4.90 Å². The van der Waals surface area contributed by atoms with E-state index in [-0.39, 0.29) is 0 Å². The number of hydrogen-bond donors (Lipinski definition) is 1. The van der Waals surface area contributed by atoms with Crippen LogP contribution in [0.3, 0.4) is 0 Å². The van der Waals surface area contributed by atoms with Crippen LogP contribution in [-0.2, 0) is 6.54 Å². The summed E-state index contributed by atoms with van der Waals surface area (Å²) in [7, 11) is 4.00. The average Bonchev–Trinajstić information content (AvgIpc) is 2.41. The Morgan fingerprint density at radius 2 is 2.25 bits per heavy atom. The standard InChI is InChI=1S/C14H22FN3OS/c1-17(2)8-11-12(4-5-14(16-11)20-3)18-7-6-10(15)13(19)9-18/h4-5,10,13,19H,6-9H2,1-3H3/t10-,13-/m1/s1. The van der Waals surface area contributed by atoms with Crippen molar-refractivity contribution in [1.82, 2.24) is 9.88 Å². The van der Waals surface area contributed by atoms with Gasteiger partial charge in [-0.1, -0.05) is 0 Å². The van der Waals surface area contributed by atoms with E-state index in [1.54, 1.807) is 11.8 Å². The molecule has 0 amide bonds. The molecule has 4 nitrogen and oxygen atoms in total. The van der Waals surface area contributed by atoms with Gasteiger partial charge in [-0.25, -0.2) is 9.37 Å². The number of aliphatic hydroxyl groups excluding tert-OH is 1. The molecule has 1 aromatic heterocycles. The molecule has 1 saturated heterocycles. The topological polar surface area (TPSA) is 39.6 Å². The van der Waals surface area contributed by atoms with Crippen LogP contribution >= 0.6 is 11.8 Å². The Bertz CT molecular complexity index is 458. The first-order valence-electron chi connectivity index (χ1n) is 6.77. The van der Waals surface area contributed by atoms with Crippen LogP contribution in [0.25, 0.3) is 0 Å². The molecule has 6 heteroatoms. The van der Waals surface area contributed by atoms with E-state index in [0.29, 0.717) is 19.5 Å². The molecule has 0 aliphatic carbocycles. The zero-order valence-electron chi connectivity index (χ0n) is 12.2. The third-order valence-electron chi connectivity index (χ3n) is 3.44. The number of aromatic nitrogens is 1. The Kier molecular flexibility index (Phi) is 5.23. The van der Waals surface area contributed by atoms with E-state index in [2.05, 4.69) is 9.88 Å². The minimum atomic E-state index is -1.11. The molecule has 0 radical (unpaired) electrons. The second kappa shape index (κ2) is 6.74. The number of thioether (sulfide) groups is 1. The zero-order chi connectivity index (χ0) is 14.7. The van der Waals surface area contributed by atoms with E-state index in [0.717, 1.165) is 23.0 Å². The van der Waals surface area contributed by atoms with Crippen LogP contribution in [0, 0.1) is 0 Å². The smallest absolute Gasteiger partial charge is 0.129 e. The van der Waals surface area contributed by atoms with Gasteiger partial charge in [-0.3, -0.25) is 0 Å². The summed E-state index contributed by atoms with van der Waals surface area (Å²) in [6, 6.07) is 4.01. The quantitative estimate of drug-likeness (QED) is 0.858. The van der Waals surface area contributed by atoms with E-state index in [4.69, 9.17) is 0 Å². The van der Waals surface area contributed by atoms with Crippen molar-refractivity contribution in [3.63, 3.8) is 0 Å². The number of hydrogen-bond acceptors (Lipinski definition) is 5. The van der Waals surface area contributed by atoms with Gasteiger partial charge in [0.2, 0.25) is 0 Å². The van der Waals surface area contributed by atoms with Gasteiger partial charge >= 0.3 is 0 Å². The monoisotopic (exact) mass is 299 g/mol. The van der Waals surface area contributed by atoms with Crippen molar-refractivity contribution in [1.29, 1.82) is 0 Å². The first kappa shape index (κ1) is 15.5. The maximum Gasteiger partial charge on any atom is 0.129 e. The van der Waals surface area contributed by atoms with Gasteiger partial charge in [0.15, 0.2) is 0 Å². The third-order valence-corrected chi connectivity index (χ3v) is 4.09. The largest absolute Gasteiger partial charge is 0.388 e. The van der Waals surface area contributed by atoms with Crippen LogP contribution in [0.4, 0.5) is 10.1 Å². The highest BCUT2D eigenvalue weighted by molar-refractivity contribution is 7.98. The van der Waals surface area contributed by atoms with E-state index >= 15 is 0 Å². The molecule has 20 heavy (non-hydrogen) atoms. The molecule has 0 unspecified atom stereocenters. The molecule has 2 atom stereocenters. The number of β-amino-alcohol motifs (C(OH)–C–C–N with tert-alkyl or cyclic N) is 1. The van der Waals surface area contributed by atoms with Crippen molar-refractivity contribution in [3.05, 3.63) is 17.8 Å². The van der Waals surface area contributed by atoms with Crippen molar-refractivity contribution in [2.45, 2.75) is 30.3 Å². The lowest BCUT2D eigenvalue weighted by molar-refractivity contribution is 0.0644. The maximum absolute atomic E-state index is 13.4. The van der Waals surface area contributed by atoms with Crippen molar-refractivity contribution in [2.75, 3.05) is 38.3 Å². The summed E-state index contributed by atoms with van der Waals surface area (Å²) < 4.78 is 13.4. The number of pyridine rings is 1. The first-order chi connectivity index (χ1) is 9.51. The lowest BCUT2D eigenvalue weighted by Crippen LogP contribution is -2.45. The van der Waals surface area contributed by atoms with E-state index in [9.17, 15) is 9.50 Å². The highest BCUT2D eigenvalue weighted by Crippen LogP contribution is 2.27. The minimum absolute atomic E-state index is 0.335. The van der Waals surface area contributed by atoms with Gasteiger partial charge in [-0.15, -0.1) is 11.8 Å². The second-order valence-corrected chi connectivity index (χ2v) is 6.20. The highest BCUT2D eigenvalue weighted by atomic mass is 32.2. The van der Waals surface area contributed by atoms with Crippen molar-refractivity contribution in [3.8, 4) is 0 Å². The summed E-state index contributed by atoms with van der Waals surface area (Å²) in [5.41, 5.74) is 1.98. The Morgan fingerprint density at radius 3 is 2.85 bits per heavy atom. The lowest BCUT2D eigenvalue weighted by Gasteiger charge is -2.35. The van der Waals surface area contributed by atoms with Crippen LogP contribution in [0.5, 0.6) is 0 Å². The number of alkyl halides is 1. The fraction of sp³-hybridized carbons (Fsp3) is 0.643. The Morgan fingerprint density at radius 1 is 1.50 bits per heavy atom. The Hall–Kier alpha value is -0.850. The molecule has 2 heterocycles. The van der Waals surface area contributed by atoms with Gasteiger partial charge in [0.05, 0.1) is 16.4 Å². The molecule has 1 fully saturated rings.